The van der Waals surface area contributed by atoms with Crippen molar-refractivity contribution in [3.05, 3.63) is 0 Å². The van der Waals surface area contributed by atoms with E-state index in [4.69, 9.17) is 0 Å². The summed E-state index contributed by atoms with van der Waals surface area (Å²) in [6, 6.07) is 0.685. The van der Waals surface area contributed by atoms with Crippen LogP contribution >= 0.6 is 0 Å². The highest BCUT2D eigenvalue weighted by molar-refractivity contribution is 4.46. The van der Waals surface area contributed by atoms with Gasteiger partial charge in [0.2, 0.25) is 0 Å². The van der Waals surface area contributed by atoms with Gasteiger partial charge in [0.15, 0.2) is 0 Å². The first-order chi connectivity index (χ1) is 4.91. The Bertz CT molecular complexity index is 59.3. The Hall–Kier alpha value is -0.0400. The van der Waals surface area contributed by atoms with E-state index in [0.29, 0.717) is 6.04 Å². The maximum atomic E-state index is 2.22. The molecule has 1 nitrogen and oxygen atoms in total. The molecule has 0 aromatic heterocycles. The van der Waals surface area contributed by atoms with Gasteiger partial charge in [0.25, 0.3) is 0 Å². The first-order valence-electron chi connectivity index (χ1n) is 4.58. The van der Waals surface area contributed by atoms with Crippen molar-refractivity contribution in [1.82, 2.24) is 4.90 Å². The van der Waals surface area contributed by atoms with Crippen LogP contribution in [0.25, 0.3) is 0 Å². The predicted molar refractivity (Wildman–Crippen MR) is 54.0 cm³/mol. The zero-order chi connectivity index (χ0) is 9.44. The first-order valence-corrected chi connectivity index (χ1v) is 4.58. The molecule has 0 aliphatic heterocycles. The van der Waals surface area contributed by atoms with Gasteiger partial charge in [0.05, 0.1) is 0 Å². The summed E-state index contributed by atoms with van der Waals surface area (Å²) in [5, 5.41) is 0. The molecule has 70 valence electrons. The minimum atomic E-state index is 0.685. The lowest BCUT2D eigenvalue weighted by molar-refractivity contribution is 0.335. The molecule has 0 rings (SSSR count). The summed E-state index contributed by atoms with van der Waals surface area (Å²) in [4.78, 5) is 2.17. The van der Waals surface area contributed by atoms with Crippen molar-refractivity contribution >= 4 is 0 Å². The lowest BCUT2D eigenvalue weighted by Gasteiger charge is -2.12. The standard InChI is InChI=1S/C5H13N.C5H12/c1-5(2)6(3)4;1-4-5(2)3/h5H,1-4H3;5H,4H2,1-3H3. The van der Waals surface area contributed by atoms with Crippen LogP contribution in [0.5, 0.6) is 0 Å². The quantitative estimate of drug-likeness (QED) is 0.598. The van der Waals surface area contributed by atoms with Gasteiger partial charge in [-0.25, -0.2) is 0 Å². The van der Waals surface area contributed by atoms with Crippen molar-refractivity contribution in [2.24, 2.45) is 5.92 Å². The average Bonchev–Trinajstić information content (AvgIpc) is 1.89. The summed E-state index contributed by atoms with van der Waals surface area (Å²) < 4.78 is 0. The van der Waals surface area contributed by atoms with Crippen LogP contribution in [0.1, 0.15) is 41.0 Å². The van der Waals surface area contributed by atoms with Gasteiger partial charge in [-0.1, -0.05) is 27.2 Å². The van der Waals surface area contributed by atoms with Crippen molar-refractivity contribution in [2.45, 2.75) is 47.1 Å². The normalized spacial score (nSPS) is 10.4. The molecule has 0 heterocycles. The van der Waals surface area contributed by atoms with Crippen LogP contribution in [0, 0.1) is 5.92 Å². The van der Waals surface area contributed by atoms with Crippen LogP contribution in [-0.2, 0) is 0 Å². The molecule has 11 heavy (non-hydrogen) atoms. The fraction of sp³-hybridized carbons (Fsp3) is 1.00. The third kappa shape index (κ3) is 17.8. The number of hydrogen-bond donors (Lipinski definition) is 0. The van der Waals surface area contributed by atoms with Gasteiger partial charge < -0.3 is 4.90 Å². The Morgan fingerprint density at radius 3 is 1.18 bits per heavy atom. The molecule has 0 spiro atoms. The predicted octanol–water partition coefficient (Wildman–Crippen LogP) is 3.01. The van der Waals surface area contributed by atoms with E-state index in [0.717, 1.165) is 5.92 Å². The van der Waals surface area contributed by atoms with Crippen LogP contribution in [0.15, 0.2) is 0 Å². The van der Waals surface area contributed by atoms with Gasteiger partial charge >= 0.3 is 0 Å². The molecule has 0 bridgehead atoms. The van der Waals surface area contributed by atoms with Crippen molar-refractivity contribution in [1.29, 1.82) is 0 Å². The van der Waals surface area contributed by atoms with Crippen LogP contribution < -0.4 is 0 Å². The largest absolute Gasteiger partial charge is 0.307 e. The van der Waals surface area contributed by atoms with Crippen molar-refractivity contribution in [3.63, 3.8) is 0 Å². The molecule has 0 amide bonds. The fourth-order valence-corrected chi connectivity index (χ4v) is 0. The Labute approximate surface area is 72.8 Å². The second-order valence-electron chi connectivity index (χ2n) is 3.86. The molecule has 0 aliphatic carbocycles. The van der Waals surface area contributed by atoms with Crippen LogP contribution in [0.4, 0.5) is 0 Å². The summed E-state index contributed by atoms with van der Waals surface area (Å²) in [5.41, 5.74) is 0. The second-order valence-corrected chi connectivity index (χ2v) is 3.86. The van der Waals surface area contributed by atoms with Crippen LogP contribution in [0.2, 0.25) is 0 Å². The smallest absolute Gasteiger partial charge is 0.00324 e. The zero-order valence-electron chi connectivity index (χ0n) is 9.31. The van der Waals surface area contributed by atoms with Gasteiger partial charge in [-0.2, -0.15) is 0 Å². The molecule has 0 aromatic carbocycles. The van der Waals surface area contributed by atoms with E-state index in [1.54, 1.807) is 0 Å². The van der Waals surface area contributed by atoms with Crippen LogP contribution in [0.3, 0.4) is 0 Å². The first kappa shape index (κ1) is 13.5. The summed E-state index contributed by atoms with van der Waals surface area (Å²) in [5.74, 6) is 0.884. The number of hydrogen-bond acceptors (Lipinski definition) is 1. The van der Waals surface area contributed by atoms with Crippen molar-refractivity contribution < 1.29 is 0 Å². The molecule has 0 aliphatic rings. The highest BCUT2D eigenvalue weighted by Gasteiger charge is 1.90. The molecule has 0 fully saturated rings. The Kier molecular flexibility index (Phi) is 9.92. The van der Waals surface area contributed by atoms with Crippen molar-refractivity contribution in [3.8, 4) is 0 Å². The molecule has 0 saturated carbocycles. The SMILES string of the molecule is CC(C)N(C)C.CCC(C)C. The third-order valence-corrected chi connectivity index (χ3v) is 1.85. The third-order valence-electron chi connectivity index (χ3n) is 1.85. The Morgan fingerprint density at radius 2 is 1.18 bits per heavy atom. The molecule has 0 N–H and O–H groups in total. The summed E-state index contributed by atoms with van der Waals surface area (Å²) in [6.07, 6.45) is 1.31. The minimum absolute atomic E-state index is 0.685. The second kappa shape index (κ2) is 8.06. The van der Waals surface area contributed by atoms with Gasteiger partial charge in [-0.15, -0.1) is 0 Å². The summed E-state index contributed by atoms with van der Waals surface area (Å²) in [6.45, 7) is 11.0. The molecular weight excluding hydrogens is 134 g/mol. The van der Waals surface area contributed by atoms with E-state index in [1.807, 2.05) is 0 Å². The Morgan fingerprint density at radius 1 is 1.00 bits per heavy atom. The average molecular weight is 159 g/mol. The Balaban J connectivity index is 0. The maximum absolute atomic E-state index is 2.22. The van der Waals surface area contributed by atoms with Gasteiger partial charge in [-0.05, 0) is 33.9 Å². The highest BCUT2D eigenvalue weighted by Crippen LogP contribution is 1.93. The summed E-state index contributed by atoms with van der Waals surface area (Å²) in [7, 11) is 4.15. The number of rotatable bonds is 2. The molecule has 0 unspecified atom stereocenters. The van der Waals surface area contributed by atoms with Crippen LogP contribution in [-0.4, -0.2) is 25.0 Å². The fourth-order valence-electron chi connectivity index (χ4n) is 0. The number of nitrogens with zero attached hydrogens (tertiary/aromatic N) is 1. The van der Waals surface area contributed by atoms with Gasteiger partial charge in [0.1, 0.15) is 0 Å². The monoisotopic (exact) mass is 159 g/mol. The van der Waals surface area contributed by atoms with Gasteiger partial charge in [-0.3, -0.25) is 0 Å². The molecule has 1 heteroatoms. The van der Waals surface area contributed by atoms with Gasteiger partial charge in [0, 0.05) is 6.04 Å². The highest BCUT2D eigenvalue weighted by atomic mass is 15.1. The molecule has 0 saturated heterocycles. The molecule has 0 aromatic rings. The maximum Gasteiger partial charge on any atom is 0.00324 e. The van der Waals surface area contributed by atoms with E-state index in [2.05, 4.69) is 53.6 Å². The lowest BCUT2D eigenvalue weighted by Crippen LogP contribution is -2.20. The topological polar surface area (TPSA) is 3.24 Å². The lowest BCUT2D eigenvalue weighted by atomic mass is 10.2. The molecule has 0 radical (unpaired) electrons. The van der Waals surface area contributed by atoms with E-state index >= 15 is 0 Å². The minimum Gasteiger partial charge on any atom is -0.307 e. The molecular formula is C10H25N. The molecule has 0 atom stereocenters. The van der Waals surface area contributed by atoms with Crippen molar-refractivity contribution in [2.75, 3.05) is 14.1 Å². The zero-order valence-corrected chi connectivity index (χ0v) is 9.31. The van der Waals surface area contributed by atoms with E-state index < -0.39 is 0 Å². The van der Waals surface area contributed by atoms with E-state index in [1.165, 1.54) is 6.42 Å². The van der Waals surface area contributed by atoms with E-state index in [-0.39, 0.29) is 0 Å². The summed E-state index contributed by atoms with van der Waals surface area (Å²) >= 11 is 0. The van der Waals surface area contributed by atoms with E-state index in [9.17, 15) is 0 Å².